The van der Waals surface area contributed by atoms with Gasteiger partial charge in [-0.2, -0.15) is 0 Å². The van der Waals surface area contributed by atoms with E-state index in [2.05, 4.69) is 72.8 Å². The van der Waals surface area contributed by atoms with E-state index in [4.69, 9.17) is 37.0 Å². The second-order valence-corrected chi connectivity index (χ2v) is 28.9. The summed E-state index contributed by atoms with van der Waals surface area (Å²) >= 11 is 0. The number of aliphatic hydroxyl groups is 1. The molecule has 524 valence electrons. The summed E-state index contributed by atoms with van der Waals surface area (Å²) in [6.45, 7) is 11.6. The van der Waals surface area contributed by atoms with Crippen molar-refractivity contribution < 1.29 is 80.2 Å². The minimum absolute atomic E-state index is 0.0948. The third kappa shape index (κ3) is 64.1. The van der Waals surface area contributed by atoms with Crippen molar-refractivity contribution in [1.29, 1.82) is 0 Å². The molecule has 0 aliphatic carbocycles. The number of carbonyl (C=O) groups excluding carboxylic acids is 4. The highest BCUT2D eigenvalue weighted by Crippen LogP contribution is 2.45. The fourth-order valence-corrected chi connectivity index (χ4v) is 11.6. The fourth-order valence-electron chi connectivity index (χ4n) is 10.0. The lowest BCUT2D eigenvalue weighted by Gasteiger charge is -2.21. The summed E-state index contributed by atoms with van der Waals surface area (Å²) in [5.41, 5.74) is 0. The molecule has 0 aromatic rings. The number of ether oxygens (including phenoxy) is 4. The predicted octanol–water partition coefficient (Wildman–Crippen LogP) is 19.4. The minimum Gasteiger partial charge on any atom is -0.462 e. The fraction of sp³-hybridized carbons (Fsp3) is 0.886. The monoisotopic (exact) mass is 1310 g/mol. The topological polar surface area (TPSA) is 237 Å². The lowest BCUT2D eigenvalue weighted by atomic mass is 10.0. The van der Waals surface area contributed by atoms with Crippen LogP contribution in [-0.2, 0) is 65.4 Å². The molecule has 0 saturated carbocycles. The molecule has 0 aliphatic heterocycles. The molecule has 0 fully saturated rings. The molecule has 0 radical (unpaired) electrons. The molecule has 17 nitrogen and oxygen atoms in total. The summed E-state index contributed by atoms with van der Waals surface area (Å²) < 4.78 is 68.2. The summed E-state index contributed by atoms with van der Waals surface area (Å²) in [6, 6.07) is 0. The highest BCUT2D eigenvalue weighted by atomic mass is 31.2. The Morgan fingerprint density at radius 1 is 0.348 bits per heavy atom. The normalized spacial score (nSPS) is 14.4. The Kier molecular flexibility index (Phi) is 58.8. The van der Waals surface area contributed by atoms with Gasteiger partial charge in [-0.15, -0.1) is 0 Å². The first kappa shape index (κ1) is 86.5. The highest BCUT2D eigenvalue weighted by molar-refractivity contribution is 7.47. The van der Waals surface area contributed by atoms with E-state index in [1.54, 1.807) is 0 Å². The van der Waals surface area contributed by atoms with E-state index >= 15 is 0 Å². The SMILES string of the molecule is CCCCCC/C=C\C=C/CCCCCCCC(=O)OC[C@H](COP(=O)(O)OCC(O)COP(=O)(O)OC[C@@H](COC(=O)CCCCCCCCCCC(C)C)OC(=O)CCCCCCCCCCCCCC(C)C)OC(=O)CCCCCCCCC(C)C. The maximum Gasteiger partial charge on any atom is 0.472 e. The van der Waals surface area contributed by atoms with E-state index in [9.17, 15) is 43.2 Å². The first-order valence-electron chi connectivity index (χ1n) is 35.7. The van der Waals surface area contributed by atoms with Crippen LogP contribution in [0.2, 0.25) is 0 Å². The van der Waals surface area contributed by atoms with Crippen molar-refractivity contribution >= 4 is 39.5 Å². The summed E-state index contributed by atoms with van der Waals surface area (Å²) in [4.78, 5) is 72.5. The second kappa shape index (κ2) is 60.5. The van der Waals surface area contributed by atoms with Gasteiger partial charge in [-0.3, -0.25) is 37.3 Å². The number of aliphatic hydroxyl groups excluding tert-OH is 1. The molecule has 0 saturated heterocycles. The Morgan fingerprint density at radius 2 is 0.607 bits per heavy atom. The number of phosphoric ester groups is 2. The van der Waals surface area contributed by atoms with Crippen molar-refractivity contribution in [2.75, 3.05) is 39.6 Å². The van der Waals surface area contributed by atoms with Crippen molar-refractivity contribution in [1.82, 2.24) is 0 Å². The zero-order valence-corrected chi connectivity index (χ0v) is 59.2. The van der Waals surface area contributed by atoms with Gasteiger partial charge < -0.3 is 33.8 Å². The van der Waals surface area contributed by atoms with Gasteiger partial charge in [0.15, 0.2) is 12.2 Å². The van der Waals surface area contributed by atoms with E-state index in [0.29, 0.717) is 31.6 Å². The smallest absolute Gasteiger partial charge is 0.462 e. The van der Waals surface area contributed by atoms with E-state index in [1.165, 1.54) is 116 Å². The van der Waals surface area contributed by atoms with Crippen LogP contribution in [0.25, 0.3) is 0 Å². The molecule has 0 rings (SSSR count). The maximum atomic E-state index is 13.0. The van der Waals surface area contributed by atoms with Crippen LogP contribution < -0.4 is 0 Å². The quantitative estimate of drug-likeness (QED) is 0.0169. The van der Waals surface area contributed by atoms with Gasteiger partial charge in [0, 0.05) is 25.7 Å². The predicted molar refractivity (Wildman–Crippen MR) is 358 cm³/mol. The Labute approximate surface area is 542 Å². The number of hydrogen-bond acceptors (Lipinski definition) is 15. The van der Waals surface area contributed by atoms with Gasteiger partial charge in [0.2, 0.25) is 0 Å². The van der Waals surface area contributed by atoms with Crippen LogP contribution in [0.1, 0.15) is 325 Å². The standard InChI is InChI=1S/C70H132O17P2/c1-8-9-10-11-12-13-14-15-16-17-20-23-29-37-44-51-67(72)80-58-66(87-70(75)54-47-40-33-32-36-43-50-63(6)7)60-85-89(78,79)83-56-64(71)55-82-88(76,77)84-59-65(57-81-68(73)52-45-38-30-26-25-28-35-42-49-62(4)5)86-69(74)53-46-39-31-24-21-18-19-22-27-34-41-48-61(2)3/h13-16,61-66,71H,8-12,17-60H2,1-7H3,(H,76,77)(H,78,79)/b14-13-,16-15-/t64?,65-,66-/m1/s1. The second-order valence-electron chi connectivity index (χ2n) is 26.0. The number of phosphoric acid groups is 2. The van der Waals surface area contributed by atoms with E-state index < -0.39 is 97.5 Å². The van der Waals surface area contributed by atoms with Crippen molar-refractivity contribution in [3.05, 3.63) is 24.3 Å². The molecule has 0 aromatic carbocycles. The zero-order chi connectivity index (χ0) is 65.9. The molecule has 5 atom stereocenters. The third-order valence-electron chi connectivity index (χ3n) is 15.5. The first-order chi connectivity index (χ1) is 42.7. The number of carbonyl (C=O) groups is 4. The van der Waals surface area contributed by atoms with Gasteiger partial charge in [0.1, 0.15) is 19.3 Å². The van der Waals surface area contributed by atoms with Gasteiger partial charge >= 0.3 is 39.5 Å². The average molecular weight is 1310 g/mol. The largest absolute Gasteiger partial charge is 0.472 e. The number of allylic oxidation sites excluding steroid dienone is 4. The van der Waals surface area contributed by atoms with Crippen LogP contribution in [0.15, 0.2) is 24.3 Å². The van der Waals surface area contributed by atoms with Crippen molar-refractivity contribution in [3.8, 4) is 0 Å². The Morgan fingerprint density at radius 3 is 0.910 bits per heavy atom. The summed E-state index contributed by atoms with van der Waals surface area (Å²) in [6.07, 6.45) is 46.9. The van der Waals surface area contributed by atoms with E-state index in [-0.39, 0.29) is 25.7 Å². The molecule has 0 bridgehead atoms. The van der Waals surface area contributed by atoms with Gasteiger partial charge in [0.25, 0.3) is 0 Å². The molecule has 0 aliphatic rings. The molecule has 0 heterocycles. The van der Waals surface area contributed by atoms with Crippen LogP contribution in [-0.4, -0.2) is 96.7 Å². The zero-order valence-electron chi connectivity index (χ0n) is 57.4. The lowest BCUT2D eigenvalue weighted by molar-refractivity contribution is -0.161. The van der Waals surface area contributed by atoms with Gasteiger partial charge in [-0.05, 0) is 69.1 Å². The minimum atomic E-state index is -4.96. The third-order valence-corrected chi connectivity index (χ3v) is 17.4. The molecular formula is C70H132O17P2. The maximum absolute atomic E-state index is 13.0. The summed E-state index contributed by atoms with van der Waals surface area (Å²) in [5, 5.41) is 10.6. The molecule has 0 aromatic heterocycles. The molecular weight excluding hydrogens is 1170 g/mol. The molecule has 0 spiro atoms. The van der Waals surface area contributed by atoms with Crippen LogP contribution in [0.4, 0.5) is 0 Å². The Hall–Kier alpha value is -2.46. The molecule has 0 amide bonds. The van der Waals surface area contributed by atoms with Crippen LogP contribution in [0.3, 0.4) is 0 Å². The molecule has 19 heteroatoms. The van der Waals surface area contributed by atoms with Crippen LogP contribution in [0, 0.1) is 17.8 Å². The van der Waals surface area contributed by atoms with Crippen LogP contribution in [0.5, 0.6) is 0 Å². The summed E-state index contributed by atoms with van der Waals surface area (Å²) in [7, 11) is -9.91. The van der Waals surface area contributed by atoms with Gasteiger partial charge in [-0.25, -0.2) is 9.13 Å². The summed E-state index contributed by atoms with van der Waals surface area (Å²) in [5.74, 6) is -0.00779. The number of esters is 4. The van der Waals surface area contributed by atoms with Gasteiger partial charge in [-0.1, -0.05) is 272 Å². The van der Waals surface area contributed by atoms with Crippen LogP contribution >= 0.6 is 15.6 Å². The Balaban J connectivity index is 5.25. The molecule has 89 heavy (non-hydrogen) atoms. The number of hydrogen-bond donors (Lipinski definition) is 3. The average Bonchev–Trinajstić information content (AvgIpc) is 3.55. The lowest BCUT2D eigenvalue weighted by Crippen LogP contribution is -2.30. The number of unbranched alkanes of at least 4 members (excludes halogenated alkanes) is 31. The number of rotatable bonds is 66. The van der Waals surface area contributed by atoms with E-state index in [0.717, 1.165) is 121 Å². The van der Waals surface area contributed by atoms with Crippen molar-refractivity contribution in [2.45, 2.75) is 343 Å². The first-order valence-corrected chi connectivity index (χ1v) is 38.7. The molecule has 3 unspecified atom stereocenters. The van der Waals surface area contributed by atoms with Crippen molar-refractivity contribution in [2.24, 2.45) is 17.8 Å². The molecule has 3 N–H and O–H groups in total. The van der Waals surface area contributed by atoms with E-state index in [1.807, 2.05) is 0 Å². The Bertz CT molecular complexity index is 1840. The highest BCUT2D eigenvalue weighted by Gasteiger charge is 2.30. The van der Waals surface area contributed by atoms with Crippen molar-refractivity contribution in [3.63, 3.8) is 0 Å². The van der Waals surface area contributed by atoms with Gasteiger partial charge in [0.05, 0.1) is 26.4 Å².